The monoisotopic (exact) mass is 271 g/mol. The summed E-state index contributed by atoms with van der Waals surface area (Å²) in [5.74, 6) is 0.226. The van der Waals surface area contributed by atoms with Gasteiger partial charge in [-0.05, 0) is 24.0 Å². The summed E-state index contributed by atoms with van der Waals surface area (Å²) in [6.07, 6.45) is 1.78. The van der Waals surface area contributed by atoms with E-state index in [2.05, 4.69) is 0 Å². The lowest BCUT2D eigenvalue weighted by molar-refractivity contribution is -0.137. The Bertz CT molecular complexity index is 436. The highest BCUT2D eigenvalue weighted by molar-refractivity contribution is 7.98. The molecular formula is C12H17NO4S. The number of carboxylic acids is 1. The highest BCUT2D eigenvalue weighted by atomic mass is 32.2. The molecule has 1 rings (SSSR count). The number of nitrogens with two attached hydrogens (primary N) is 1. The molecule has 1 atom stereocenters. The van der Waals surface area contributed by atoms with E-state index >= 15 is 0 Å². The summed E-state index contributed by atoms with van der Waals surface area (Å²) < 4.78 is 10.4. The van der Waals surface area contributed by atoms with Crippen molar-refractivity contribution >= 4 is 17.7 Å². The average molecular weight is 271 g/mol. The van der Waals surface area contributed by atoms with Crippen LogP contribution in [0.4, 0.5) is 0 Å². The molecule has 1 unspecified atom stereocenters. The molecule has 5 nitrogen and oxygen atoms in total. The number of aliphatic carboxylic acids is 1. The van der Waals surface area contributed by atoms with Crippen molar-refractivity contribution in [2.24, 2.45) is 5.73 Å². The smallest absolute Gasteiger partial charge is 0.305 e. The number of thioether (sulfide) groups is 1. The van der Waals surface area contributed by atoms with Crippen molar-refractivity contribution in [1.29, 1.82) is 0 Å². The second-order valence-electron chi connectivity index (χ2n) is 3.65. The number of carboxylic acid groups (broad SMARTS) is 1. The van der Waals surface area contributed by atoms with Crippen LogP contribution in [0.15, 0.2) is 17.0 Å². The second-order valence-corrected chi connectivity index (χ2v) is 4.50. The molecule has 0 radical (unpaired) electrons. The molecular weight excluding hydrogens is 254 g/mol. The standard InChI is InChI=1S/C12H17NO4S/c1-16-9-4-7(8(13)5-12(14)15)11(18-3)6-10(9)17-2/h4,6,8H,5,13H2,1-3H3,(H,14,15). The van der Waals surface area contributed by atoms with E-state index < -0.39 is 12.0 Å². The first-order valence-corrected chi connectivity index (χ1v) is 6.53. The molecule has 0 heterocycles. The van der Waals surface area contributed by atoms with Gasteiger partial charge in [0, 0.05) is 10.9 Å². The third-order valence-electron chi connectivity index (χ3n) is 2.53. The van der Waals surface area contributed by atoms with Gasteiger partial charge in [-0.1, -0.05) is 0 Å². The van der Waals surface area contributed by atoms with Crippen molar-refractivity contribution in [2.45, 2.75) is 17.4 Å². The number of ether oxygens (including phenoxy) is 2. The molecule has 0 aliphatic carbocycles. The van der Waals surface area contributed by atoms with E-state index in [1.54, 1.807) is 19.2 Å². The van der Waals surface area contributed by atoms with Gasteiger partial charge in [0.15, 0.2) is 11.5 Å². The van der Waals surface area contributed by atoms with Crippen LogP contribution in [0.25, 0.3) is 0 Å². The van der Waals surface area contributed by atoms with Gasteiger partial charge in [-0.2, -0.15) is 0 Å². The van der Waals surface area contributed by atoms with Gasteiger partial charge in [0.25, 0.3) is 0 Å². The molecule has 1 aromatic rings. The van der Waals surface area contributed by atoms with Gasteiger partial charge in [-0.25, -0.2) is 0 Å². The van der Waals surface area contributed by atoms with Crippen LogP contribution >= 0.6 is 11.8 Å². The van der Waals surface area contributed by atoms with Gasteiger partial charge in [0.2, 0.25) is 0 Å². The number of carbonyl (C=O) groups is 1. The summed E-state index contributed by atoms with van der Waals surface area (Å²) in [5.41, 5.74) is 6.65. The maximum atomic E-state index is 10.7. The van der Waals surface area contributed by atoms with Gasteiger partial charge in [0.1, 0.15) is 0 Å². The Balaban J connectivity index is 3.20. The number of methoxy groups -OCH3 is 2. The molecule has 0 saturated heterocycles. The van der Waals surface area contributed by atoms with Crippen molar-refractivity contribution in [1.82, 2.24) is 0 Å². The fourth-order valence-electron chi connectivity index (χ4n) is 1.64. The molecule has 0 aliphatic rings. The van der Waals surface area contributed by atoms with Crippen LogP contribution in [-0.4, -0.2) is 31.6 Å². The molecule has 0 saturated carbocycles. The van der Waals surface area contributed by atoms with Crippen molar-refractivity contribution in [3.63, 3.8) is 0 Å². The van der Waals surface area contributed by atoms with E-state index in [9.17, 15) is 4.79 Å². The first-order chi connectivity index (χ1) is 8.53. The maximum absolute atomic E-state index is 10.7. The summed E-state index contributed by atoms with van der Waals surface area (Å²) in [4.78, 5) is 11.6. The zero-order valence-electron chi connectivity index (χ0n) is 10.6. The Morgan fingerprint density at radius 1 is 1.39 bits per heavy atom. The predicted octanol–water partition coefficient (Wildman–Crippen LogP) is 1.90. The van der Waals surface area contributed by atoms with Crippen molar-refractivity contribution < 1.29 is 19.4 Å². The highest BCUT2D eigenvalue weighted by Gasteiger charge is 2.18. The van der Waals surface area contributed by atoms with Gasteiger partial charge in [-0.3, -0.25) is 4.79 Å². The Morgan fingerprint density at radius 3 is 2.39 bits per heavy atom. The van der Waals surface area contributed by atoms with E-state index in [1.165, 1.54) is 18.9 Å². The van der Waals surface area contributed by atoms with E-state index in [-0.39, 0.29) is 6.42 Å². The molecule has 0 spiro atoms. The van der Waals surface area contributed by atoms with Crippen LogP contribution in [0, 0.1) is 0 Å². The third-order valence-corrected chi connectivity index (χ3v) is 3.32. The minimum Gasteiger partial charge on any atom is -0.493 e. The first-order valence-electron chi connectivity index (χ1n) is 5.30. The summed E-state index contributed by atoms with van der Waals surface area (Å²) in [6.45, 7) is 0. The van der Waals surface area contributed by atoms with Crippen LogP contribution in [0.1, 0.15) is 18.0 Å². The van der Waals surface area contributed by atoms with E-state index in [4.69, 9.17) is 20.3 Å². The second kappa shape index (κ2) is 6.51. The SMILES string of the molecule is COc1cc(SC)c(C(N)CC(=O)O)cc1OC. The van der Waals surface area contributed by atoms with Crippen LogP contribution in [0.2, 0.25) is 0 Å². The molecule has 0 bridgehead atoms. The van der Waals surface area contributed by atoms with E-state index in [0.29, 0.717) is 11.5 Å². The number of benzene rings is 1. The molecule has 18 heavy (non-hydrogen) atoms. The lowest BCUT2D eigenvalue weighted by Crippen LogP contribution is -2.16. The fourth-order valence-corrected chi connectivity index (χ4v) is 2.31. The minimum absolute atomic E-state index is 0.122. The molecule has 0 aromatic heterocycles. The van der Waals surface area contributed by atoms with Gasteiger partial charge in [-0.15, -0.1) is 11.8 Å². The average Bonchev–Trinajstić information content (AvgIpc) is 2.36. The topological polar surface area (TPSA) is 81.8 Å². The van der Waals surface area contributed by atoms with Gasteiger partial charge < -0.3 is 20.3 Å². The zero-order valence-corrected chi connectivity index (χ0v) is 11.4. The van der Waals surface area contributed by atoms with Crippen LogP contribution in [-0.2, 0) is 4.79 Å². The Labute approximate surface area is 110 Å². The lowest BCUT2D eigenvalue weighted by Gasteiger charge is -2.17. The quantitative estimate of drug-likeness (QED) is 0.769. The number of hydrogen-bond donors (Lipinski definition) is 2. The first kappa shape index (κ1) is 14.7. The lowest BCUT2D eigenvalue weighted by atomic mass is 10.0. The summed E-state index contributed by atoms with van der Waals surface area (Å²) in [6, 6.07) is 2.98. The number of rotatable bonds is 6. The number of hydrogen-bond acceptors (Lipinski definition) is 5. The summed E-state index contributed by atoms with van der Waals surface area (Å²) in [5, 5.41) is 8.79. The highest BCUT2D eigenvalue weighted by Crippen LogP contribution is 2.37. The molecule has 0 amide bonds. The molecule has 0 fully saturated rings. The van der Waals surface area contributed by atoms with Crippen LogP contribution < -0.4 is 15.2 Å². The van der Waals surface area contributed by atoms with Gasteiger partial charge in [0.05, 0.1) is 20.6 Å². The Hall–Kier alpha value is -1.40. The molecule has 6 heteroatoms. The molecule has 1 aromatic carbocycles. The van der Waals surface area contributed by atoms with E-state index in [0.717, 1.165) is 10.5 Å². The Morgan fingerprint density at radius 2 is 1.94 bits per heavy atom. The minimum atomic E-state index is -0.927. The van der Waals surface area contributed by atoms with Crippen LogP contribution in [0.5, 0.6) is 11.5 Å². The Kier molecular flexibility index (Phi) is 5.30. The fraction of sp³-hybridized carbons (Fsp3) is 0.417. The molecule has 3 N–H and O–H groups in total. The zero-order chi connectivity index (χ0) is 13.7. The summed E-state index contributed by atoms with van der Waals surface area (Å²) >= 11 is 1.49. The largest absolute Gasteiger partial charge is 0.493 e. The maximum Gasteiger partial charge on any atom is 0.305 e. The summed E-state index contributed by atoms with van der Waals surface area (Å²) in [7, 11) is 3.09. The molecule has 0 aliphatic heterocycles. The van der Waals surface area contributed by atoms with E-state index in [1.807, 2.05) is 6.26 Å². The predicted molar refractivity (Wildman–Crippen MR) is 70.5 cm³/mol. The normalized spacial score (nSPS) is 12.0. The van der Waals surface area contributed by atoms with Crippen molar-refractivity contribution in [2.75, 3.05) is 20.5 Å². The van der Waals surface area contributed by atoms with Gasteiger partial charge >= 0.3 is 5.97 Å². The molecule has 100 valence electrons. The van der Waals surface area contributed by atoms with Crippen molar-refractivity contribution in [3.05, 3.63) is 17.7 Å². The third kappa shape index (κ3) is 3.30. The van der Waals surface area contributed by atoms with Crippen LogP contribution in [0.3, 0.4) is 0 Å². The van der Waals surface area contributed by atoms with Crippen molar-refractivity contribution in [3.8, 4) is 11.5 Å².